The van der Waals surface area contributed by atoms with Gasteiger partial charge in [0, 0.05) is 36.5 Å². The molecule has 3 heterocycles. The summed E-state index contributed by atoms with van der Waals surface area (Å²) in [5.74, 6) is 0.375. The van der Waals surface area contributed by atoms with E-state index in [0.29, 0.717) is 37.7 Å². The van der Waals surface area contributed by atoms with Crippen LogP contribution in [-0.2, 0) is 9.53 Å². The molecule has 0 N–H and O–H groups in total. The lowest BCUT2D eigenvalue weighted by Crippen LogP contribution is -2.40. The van der Waals surface area contributed by atoms with Gasteiger partial charge in [-0.1, -0.05) is 17.4 Å². The third-order valence-corrected chi connectivity index (χ3v) is 8.43. The summed E-state index contributed by atoms with van der Waals surface area (Å²) < 4.78 is 18.1. The van der Waals surface area contributed by atoms with Crippen molar-refractivity contribution in [3.63, 3.8) is 0 Å². The fourth-order valence-electron chi connectivity index (χ4n) is 5.46. The standard InChI is InChI=1S/C30H32N4O7S/c1-5-41-29(36)26-18(2)31-30-33(27(26)19-9-12-23(39-3)24(16-19)40-4)28(35)25(42-30)17-20-15-21(34(37)38)10-11-22(20)32-13-7-6-8-14-32/h9-12,15-17,27H,5-8,13-14H2,1-4H3. The zero-order valence-electron chi connectivity index (χ0n) is 23.9. The number of non-ortho nitro benzene ring substituents is 1. The van der Waals surface area contributed by atoms with Gasteiger partial charge in [-0.3, -0.25) is 19.5 Å². The van der Waals surface area contributed by atoms with Crippen molar-refractivity contribution in [2.75, 3.05) is 38.8 Å². The van der Waals surface area contributed by atoms with Crippen LogP contribution >= 0.6 is 11.3 Å². The Morgan fingerprint density at radius 1 is 1.12 bits per heavy atom. The number of nitro benzene ring substituents is 1. The van der Waals surface area contributed by atoms with E-state index >= 15 is 0 Å². The summed E-state index contributed by atoms with van der Waals surface area (Å²) in [6, 6.07) is 9.13. The maximum Gasteiger partial charge on any atom is 0.338 e. The predicted molar refractivity (Wildman–Crippen MR) is 159 cm³/mol. The molecule has 11 nitrogen and oxygen atoms in total. The van der Waals surface area contributed by atoms with Gasteiger partial charge in [-0.2, -0.15) is 0 Å². The molecule has 220 valence electrons. The van der Waals surface area contributed by atoms with Gasteiger partial charge < -0.3 is 19.1 Å². The number of hydrogen-bond acceptors (Lipinski definition) is 10. The Morgan fingerprint density at radius 3 is 2.52 bits per heavy atom. The quantitative estimate of drug-likeness (QED) is 0.220. The van der Waals surface area contributed by atoms with Crippen LogP contribution in [0.2, 0.25) is 0 Å². The van der Waals surface area contributed by atoms with Crippen molar-refractivity contribution in [2.24, 2.45) is 4.99 Å². The van der Waals surface area contributed by atoms with Crippen molar-refractivity contribution >= 4 is 34.8 Å². The lowest BCUT2D eigenvalue weighted by Gasteiger charge is -2.30. The lowest BCUT2D eigenvalue weighted by molar-refractivity contribution is -0.384. The number of carbonyl (C=O) groups is 1. The zero-order valence-corrected chi connectivity index (χ0v) is 24.7. The number of nitro groups is 1. The SMILES string of the molecule is CCOC(=O)C1=C(C)N=c2sc(=Cc3cc([N+](=O)[O-])ccc3N3CCCCC3)c(=O)n2C1c1ccc(OC)c(OC)c1. The molecule has 2 aromatic carbocycles. The molecule has 0 spiro atoms. The summed E-state index contributed by atoms with van der Waals surface area (Å²) in [5.41, 5.74) is 2.29. The van der Waals surface area contributed by atoms with E-state index < -0.39 is 16.9 Å². The molecule has 1 saturated heterocycles. The molecule has 12 heteroatoms. The summed E-state index contributed by atoms with van der Waals surface area (Å²) in [6.07, 6.45) is 4.88. The number of allylic oxidation sites excluding steroid dienone is 1. The molecule has 5 rings (SSSR count). The van der Waals surface area contributed by atoms with Crippen LogP contribution in [0, 0.1) is 10.1 Å². The van der Waals surface area contributed by atoms with E-state index in [9.17, 15) is 19.7 Å². The first-order valence-corrected chi connectivity index (χ1v) is 14.5. The molecule has 1 atom stereocenters. The molecule has 2 aliphatic rings. The molecule has 0 radical (unpaired) electrons. The van der Waals surface area contributed by atoms with Gasteiger partial charge in [0.15, 0.2) is 16.3 Å². The number of thiazole rings is 1. The number of piperidine rings is 1. The number of benzene rings is 2. The lowest BCUT2D eigenvalue weighted by atomic mass is 9.95. The van der Waals surface area contributed by atoms with Crippen LogP contribution in [0.4, 0.5) is 11.4 Å². The second-order valence-electron chi connectivity index (χ2n) is 9.96. The highest BCUT2D eigenvalue weighted by molar-refractivity contribution is 7.07. The fourth-order valence-corrected chi connectivity index (χ4v) is 6.50. The molecule has 3 aromatic rings. The Kier molecular flexibility index (Phi) is 8.44. The predicted octanol–water partition coefficient (Wildman–Crippen LogP) is 3.71. The van der Waals surface area contributed by atoms with Crippen LogP contribution in [-0.4, -0.2) is 49.4 Å². The van der Waals surface area contributed by atoms with Crippen molar-refractivity contribution in [1.29, 1.82) is 0 Å². The van der Waals surface area contributed by atoms with E-state index in [2.05, 4.69) is 9.89 Å². The van der Waals surface area contributed by atoms with E-state index in [4.69, 9.17) is 14.2 Å². The first-order valence-electron chi connectivity index (χ1n) is 13.7. The number of esters is 1. The molecule has 42 heavy (non-hydrogen) atoms. The van der Waals surface area contributed by atoms with E-state index in [-0.39, 0.29) is 23.4 Å². The molecule has 1 fully saturated rings. The highest BCUT2D eigenvalue weighted by Crippen LogP contribution is 2.36. The topological polar surface area (TPSA) is 126 Å². The van der Waals surface area contributed by atoms with Gasteiger partial charge >= 0.3 is 5.97 Å². The highest BCUT2D eigenvalue weighted by Gasteiger charge is 2.34. The number of aromatic nitrogens is 1. The Labute approximate surface area is 246 Å². The average molecular weight is 593 g/mol. The van der Waals surface area contributed by atoms with Gasteiger partial charge in [-0.25, -0.2) is 9.79 Å². The number of nitrogens with zero attached hydrogens (tertiary/aromatic N) is 4. The number of fused-ring (bicyclic) bond motifs is 1. The zero-order chi connectivity index (χ0) is 30.0. The number of hydrogen-bond donors (Lipinski definition) is 0. The maximum atomic E-state index is 14.1. The number of methoxy groups -OCH3 is 2. The van der Waals surface area contributed by atoms with Crippen LogP contribution in [0.3, 0.4) is 0 Å². The van der Waals surface area contributed by atoms with Crippen LogP contribution in [0.25, 0.3) is 6.08 Å². The van der Waals surface area contributed by atoms with E-state index in [1.165, 1.54) is 42.3 Å². The second-order valence-corrected chi connectivity index (χ2v) is 11.0. The Bertz CT molecular complexity index is 1750. The van der Waals surface area contributed by atoms with Crippen molar-refractivity contribution < 1.29 is 23.9 Å². The minimum absolute atomic E-state index is 0.0570. The minimum atomic E-state index is -0.839. The third kappa shape index (κ3) is 5.41. The monoisotopic (exact) mass is 592 g/mol. The largest absolute Gasteiger partial charge is 0.493 e. The van der Waals surface area contributed by atoms with Crippen molar-refractivity contribution in [1.82, 2.24) is 4.57 Å². The Balaban J connectivity index is 1.73. The average Bonchev–Trinajstić information content (AvgIpc) is 3.30. The van der Waals surface area contributed by atoms with Crippen LogP contribution in [0.15, 0.2) is 57.5 Å². The number of ether oxygens (including phenoxy) is 3. The summed E-state index contributed by atoms with van der Waals surface area (Å²) in [7, 11) is 3.04. The van der Waals surface area contributed by atoms with E-state index in [0.717, 1.165) is 38.0 Å². The van der Waals surface area contributed by atoms with Gasteiger partial charge in [0.1, 0.15) is 0 Å². The summed E-state index contributed by atoms with van der Waals surface area (Å²) in [5, 5.41) is 11.6. The van der Waals surface area contributed by atoms with Gasteiger partial charge in [-0.05, 0) is 62.9 Å². The number of rotatable bonds is 8. The van der Waals surface area contributed by atoms with Crippen LogP contribution in [0.1, 0.15) is 50.3 Å². The van der Waals surface area contributed by atoms with Gasteiger partial charge in [0.25, 0.3) is 11.2 Å². The van der Waals surface area contributed by atoms with Gasteiger partial charge in [0.05, 0.1) is 47.6 Å². The first-order chi connectivity index (χ1) is 20.3. The molecule has 1 aromatic heterocycles. The van der Waals surface area contributed by atoms with Crippen molar-refractivity contribution in [3.05, 3.63) is 88.6 Å². The van der Waals surface area contributed by atoms with Crippen LogP contribution in [0.5, 0.6) is 11.5 Å². The smallest absolute Gasteiger partial charge is 0.338 e. The second kappa shape index (κ2) is 12.2. The minimum Gasteiger partial charge on any atom is -0.493 e. The summed E-state index contributed by atoms with van der Waals surface area (Å²) in [6.45, 7) is 5.26. The Morgan fingerprint density at radius 2 is 1.86 bits per heavy atom. The molecule has 0 amide bonds. The van der Waals surface area contributed by atoms with E-state index in [1.807, 2.05) is 0 Å². The van der Waals surface area contributed by atoms with Crippen molar-refractivity contribution in [2.45, 2.75) is 39.2 Å². The fraction of sp³-hybridized carbons (Fsp3) is 0.367. The molecule has 2 aliphatic heterocycles. The molecular weight excluding hydrogens is 560 g/mol. The number of anilines is 1. The Hall–Kier alpha value is -4.45. The third-order valence-electron chi connectivity index (χ3n) is 7.45. The number of carbonyl (C=O) groups excluding carboxylic acids is 1. The van der Waals surface area contributed by atoms with Gasteiger partial charge in [-0.15, -0.1) is 0 Å². The summed E-state index contributed by atoms with van der Waals surface area (Å²) in [4.78, 5) is 45.8. The molecule has 0 bridgehead atoms. The van der Waals surface area contributed by atoms with Gasteiger partial charge in [0.2, 0.25) is 0 Å². The first kappa shape index (κ1) is 29.1. The maximum absolute atomic E-state index is 14.1. The summed E-state index contributed by atoms with van der Waals surface area (Å²) >= 11 is 1.17. The van der Waals surface area contributed by atoms with E-state index in [1.54, 1.807) is 44.2 Å². The normalized spacial score (nSPS) is 17.0. The highest BCUT2D eigenvalue weighted by atomic mass is 32.1. The van der Waals surface area contributed by atoms with Crippen LogP contribution < -0.4 is 29.3 Å². The van der Waals surface area contributed by atoms with Crippen molar-refractivity contribution in [3.8, 4) is 11.5 Å². The molecule has 0 aliphatic carbocycles. The molecule has 0 saturated carbocycles. The molecular formula is C30H32N4O7S. The molecule has 1 unspecified atom stereocenters.